The number of hydrogen-bond donors (Lipinski definition) is 3. The monoisotopic (exact) mass is 272 g/mol. The van der Waals surface area contributed by atoms with Gasteiger partial charge in [0, 0.05) is 27.3 Å². The van der Waals surface area contributed by atoms with Crippen LogP contribution in [0.25, 0.3) is 0 Å². The summed E-state index contributed by atoms with van der Waals surface area (Å²) in [7, 11) is 3.43. The standard InChI is InChI=1S/C11H20N4O2S/c1-13-11-15-9(12)8(18-11)10(16)14-6-4-3-5-7-17-2/h3-7,12H2,1-2H3,(H,13,15)(H,14,16). The van der Waals surface area contributed by atoms with Crippen LogP contribution in [0.5, 0.6) is 0 Å². The van der Waals surface area contributed by atoms with Crippen molar-refractivity contribution in [1.29, 1.82) is 0 Å². The molecule has 18 heavy (non-hydrogen) atoms. The van der Waals surface area contributed by atoms with Gasteiger partial charge in [-0.15, -0.1) is 0 Å². The predicted molar refractivity (Wildman–Crippen MR) is 74.1 cm³/mol. The van der Waals surface area contributed by atoms with E-state index in [1.54, 1.807) is 14.2 Å². The molecule has 0 radical (unpaired) electrons. The molecule has 1 heterocycles. The topological polar surface area (TPSA) is 89.3 Å². The van der Waals surface area contributed by atoms with Crippen LogP contribution in [-0.4, -0.2) is 38.2 Å². The van der Waals surface area contributed by atoms with Crippen molar-refractivity contribution in [1.82, 2.24) is 10.3 Å². The summed E-state index contributed by atoms with van der Waals surface area (Å²) < 4.78 is 4.95. The minimum atomic E-state index is -0.154. The summed E-state index contributed by atoms with van der Waals surface area (Å²) in [6.45, 7) is 1.41. The van der Waals surface area contributed by atoms with Gasteiger partial charge in [-0.25, -0.2) is 4.98 Å². The van der Waals surface area contributed by atoms with Crippen molar-refractivity contribution in [3.8, 4) is 0 Å². The van der Waals surface area contributed by atoms with Crippen LogP contribution in [-0.2, 0) is 4.74 Å². The SMILES string of the molecule is CNc1nc(N)c(C(=O)NCCCCCOC)s1. The van der Waals surface area contributed by atoms with Crippen molar-refractivity contribution in [3.05, 3.63) is 4.88 Å². The van der Waals surface area contributed by atoms with Crippen molar-refractivity contribution in [2.75, 3.05) is 38.4 Å². The number of aromatic nitrogens is 1. The maximum Gasteiger partial charge on any atom is 0.265 e. The molecule has 0 fully saturated rings. The molecule has 102 valence electrons. The summed E-state index contributed by atoms with van der Waals surface area (Å²) >= 11 is 1.26. The predicted octanol–water partition coefficient (Wildman–Crippen LogP) is 1.31. The average molecular weight is 272 g/mol. The minimum absolute atomic E-state index is 0.154. The Kier molecular flexibility index (Phi) is 6.45. The van der Waals surface area contributed by atoms with Crippen molar-refractivity contribution in [3.63, 3.8) is 0 Å². The fourth-order valence-electron chi connectivity index (χ4n) is 1.43. The van der Waals surface area contributed by atoms with E-state index in [2.05, 4.69) is 15.6 Å². The summed E-state index contributed by atoms with van der Waals surface area (Å²) in [6, 6.07) is 0. The zero-order valence-corrected chi connectivity index (χ0v) is 11.6. The van der Waals surface area contributed by atoms with E-state index in [1.807, 2.05) is 0 Å². The summed E-state index contributed by atoms with van der Waals surface area (Å²) in [5.41, 5.74) is 5.67. The first-order chi connectivity index (χ1) is 8.69. The van der Waals surface area contributed by atoms with Crippen LogP contribution in [0.1, 0.15) is 28.9 Å². The molecular formula is C11H20N4O2S. The second-order valence-corrected chi connectivity index (χ2v) is 4.79. The van der Waals surface area contributed by atoms with Gasteiger partial charge in [0.1, 0.15) is 10.7 Å². The molecule has 1 aromatic heterocycles. The lowest BCUT2D eigenvalue weighted by molar-refractivity contribution is 0.0957. The Morgan fingerprint density at radius 3 is 2.83 bits per heavy atom. The summed E-state index contributed by atoms with van der Waals surface area (Å²) in [5.74, 6) is 0.125. The van der Waals surface area contributed by atoms with E-state index in [0.29, 0.717) is 16.6 Å². The first-order valence-electron chi connectivity index (χ1n) is 5.90. The Morgan fingerprint density at radius 1 is 1.44 bits per heavy atom. The molecule has 4 N–H and O–H groups in total. The van der Waals surface area contributed by atoms with Crippen molar-refractivity contribution in [2.24, 2.45) is 0 Å². The Bertz CT molecular complexity index is 381. The van der Waals surface area contributed by atoms with Gasteiger partial charge in [0.15, 0.2) is 5.13 Å². The lowest BCUT2D eigenvalue weighted by Crippen LogP contribution is -2.24. The van der Waals surface area contributed by atoms with Gasteiger partial charge < -0.3 is 21.1 Å². The van der Waals surface area contributed by atoms with Crippen molar-refractivity contribution >= 4 is 28.2 Å². The number of carbonyl (C=O) groups excluding carboxylic acids is 1. The molecule has 0 aromatic carbocycles. The Balaban J connectivity index is 2.29. The summed E-state index contributed by atoms with van der Waals surface area (Å²) in [4.78, 5) is 16.3. The molecule has 0 spiro atoms. The Morgan fingerprint density at radius 2 is 2.22 bits per heavy atom. The molecule has 0 atom stereocenters. The Hall–Kier alpha value is -1.34. The van der Waals surface area contributed by atoms with Crippen molar-refractivity contribution < 1.29 is 9.53 Å². The van der Waals surface area contributed by atoms with Crippen LogP contribution in [0.2, 0.25) is 0 Å². The number of nitrogens with one attached hydrogen (secondary N) is 2. The second kappa shape index (κ2) is 7.88. The normalized spacial score (nSPS) is 10.3. The van der Waals surface area contributed by atoms with Gasteiger partial charge in [0.25, 0.3) is 5.91 Å². The molecule has 0 unspecified atom stereocenters. The van der Waals surface area contributed by atoms with Gasteiger partial charge in [-0.1, -0.05) is 11.3 Å². The van der Waals surface area contributed by atoms with Crippen LogP contribution in [0.15, 0.2) is 0 Å². The highest BCUT2D eigenvalue weighted by atomic mass is 32.1. The maximum absolute atomic E-state index is 11.8. The molecule has 0 aliphatic carbocycles. The molecule has 0 saturated heterocycles. The van der Waals surface area contributed by atoms with Crippen LogP contribution in [0, 0.1) is 0 Å². The average Bonchev–Trinajstić information content (AvgIpc) is 2.75. The first kappa shape index (κ1) is 14.7. The van der Waals surface area contributed by atoms with E-state index in [4.69, 9.17) is 10.5 Å². The lowest BCUT2D eigenvalue weighted by Gasteiger charge is -2.03. The zero-order chi connectivity index (χ0) is 13.4. The number of unbranched alkanes of at least 4 members (excludes halogenated alkanes) is 2. The largest absolute Gasteiger partial charge is 0.385 e. The number of thiazole rings is 1. The van der Waals surface area contributed by atoms with Crippen molar-refractivity contribution in [2.45, 2.75) is 19.3 Å². The number of carbonyl (C=O) groups is 1. The third-order valence-electron chi connectivity index (χ3n) is 2.38. The third kappa shape index (κ3) is 4.50. The first-order valence-corrected chi connectivity index (χ1v) is 6.72. The van der Waals surface area contributed by atoms with E-state index < -0.39 is 0 Å². The van der Waals surface area contributed by atoms with Gasteiger partial charge in [0.2, 0.25) is 0 Å². The van der Waals surface area contributed by atoms with Gasteiger partial charge in [-0.3, -0.25) is 4.79 Å². The smallest absolute Gasteiger partial charge is 0.265 e. The molecular weight excluding hydrogens is 252 g/mol. The highest BCUT2D eigenvalue weighted by Crippen LogP contribution is 2.24. The molecule has 0 saturated carbocycles. The number of anilines is 2. The summed E-state index contributed by atoms with van der Waals surface area (Å²) in [5, 5.41) is 6.35. The molecule has 1 amide bonds. The fourth-order valence-corrected chi connectivity index (χ4v) is 2.19. The van der Waals surface area contributed by atoms with Crippen LogP contribution in [0.3, 0.4) is 0 Å². The molecule has 1 rings (SSSR count). The number of rotatable bonds is 8. The van der Waals surface area contributed by atoms with Gasteiger partial charge in [-0.05, 0) is 19.3 Å². The highest BCUT2D eigenvalue weighted by molar-refractivity contribution is 7.18. The van der Waals surface area contributed by atoms with E-state index in [0.717, 1.165) is 25.9 Å². The zero-order valence-electron chi connectivity index (χ0n) is 10.8. The fraction of sp³-hybridized carbons (Fsp3) is 0.636. The van der Waals surface area contributed by atoms with Crippen LogP contribution >= 0.6 is 11.3 Å². The van der Waals surface area contributed by atoms with E-state index in [-0.39, 0.29) is 11.7 Å². The molecule has 1 aromatic rings. The quantitative estimate of drug-likeness (QED) is 0.621. The molecule has 7 heteroatoms. The minimum Gasteiger partial charge on any atom is -0.385 e. The second-order valence-electron chi connectivity index (χ2n) is 3.79. The summed E-state index contributed by atoms with van der Waals surface area (Å²) in [6.07, 6.45) is 2.99. The Labute approximate surface area is 111 Å². The number of nitrogens with zero attached hydrogens (tertiary/aromatic N) is 1. The lowest BCUT2D eigenvalue weighted by atomic mass is 10.2. The molecule has 0 aliphatic heterocycles. The number of amides is 1. The van der Waals surface area contributed by atoms with Gasteiger partial charge in [-0.2, -0.15) is 0 Å². The van der Waals surface area contributed by atoms with Crippen LogP contribution < -0.4 is 16.4 Å². The van der Waals surface area contributed by atoms with Crippen LogP contribution in [0.4, 0.5) is 10.9 Å². The van der Waals surface area contributed by atoms with Gasteiger partial charge >= 0.3 is 0 Å². The number of ether oxygens (including phenoxy) is 1. The van der Waals surface area contributed by atoms with Gasteiger partial charge in [0.05, 0.1) is 0 Å². The van der Waals surface area contributed by atoms with E-state index in [9.17, 15) is 4.79 Å². The van der Waals surface area contributed by atoms with E-state index >= 15 is 0 Å². The number of nitrogen functional groups attached to an aromatic ring is 1. The third-order valence-corrected chi connectivity index (χ3v) is 3.47. The maximum atomic E-state index is 11.8. The highest BCUT2D eigenvalue weighted by Gasteiger charge is 2.14. The number of hydrogen-bond acceptors (Lipinski definition) is 6. The van der Waals surface area contributed by atoms with E-state index in [1.165, 1.54) is 11.3 Å². The molecule has 6 nitrogen and oxygen atoms in total. The molecule has 0 aliphatic rings. The number of methoxy groups -OCH3 is 1. The number of nitrogens with two attached hydrogens (primary N) is 1. The molecule has 0 bridgehead atoms.